The Hall–Kier alpha value is -1.96. The first-order chi connectivity index (χ1) is 8.22. The van der Waals surface area contributed by atoms with E-state index in [1.807, 2.05) is 43.3 Å². The topological polar surface area (TPSA) is 29.5 Å². The SMILES string of the molecule is CCc1ccc(O)c(C)c1Oc1ccccc1. The van der Waals surface area contributed by atoms with Gasteiger partial charge in [-0.1, -0.05) is 31.2 Å². The molecule has 0 radical (unpaired) electrons. The summed E-state index contributed by atoms with van der Waals surface area (Å²) in [7, 11) is 0. The fourth-order valence-corrected chi connectivity index (χ4v) is 1.76. The molecule has 88 valence electrons. The van der Waals surface area contributed by atoms with E-state index in [2.05, 4.69) is 6.92 Å². The number of rotatable bonds is 3. The second-order valence-corrected chi connectivity index (χ2v) is 3.97. The van der Waals surface area contributed by atoms with E-state index in [9.17, 15) is 5.11 Å². The van der Waals surface area contributed by atoms with Crippen molar-refractivity contribution in [1.29, 1.82) is 0 Å². The van der Waals surface area contributed by atoms with E-state index >= 15 is 0 Å². The molecule has 0 bridgehead atoms. The first-order valence-electron chi connectivity index (χ1n) is 5.76. The van der Waals surface area contributed by atoms with Gasteiger partial charge in [0.15, 0.2) is 0 Å². The second kappa shape index (κ2) is 4.91. The molecule has 0 saturated heterocycles. The van der Waals surface area contributed by atoms with Gasteiger partial charge in [-0.15, -0.1) is 0 Å². The minimum atomic E-state index is 0.271. The van der Waals surface area contributed by atoms with Crippen LogP contribution in [0.1, 0.15) is 18.1 Å². The molecule has 17 heavy (non-hydrogen) atoms. The lowest BCUT2D eigenvalue weighted by Gasteiger charge is -2.13. The molecule has 0 heterocycles. The summed E-state index contributed by atoms with van der Waals surface area (Å²) in [6, 6.07) is 13.2. The molecule has 0 fully saturated rings. The van der Waals surface area contributed by atoms with Crippen LogP contribution in [0.5, 0.6) is 17.2 Å². The van der Waals surface area contributed by atoms with Crippen molar-refractivity contribution in [2.45, 2.75) is 20.3 Å². The van der Waals surface area contributed by atoms with Gasteiger partial charge in [0.2, 0.25) is 0 Å². The van der Waals surface area contributed by atoms with Crippen molar-refractivity contribution in [2.75, 3.05) is 0 Å². The number of aromatic hydroxyl groups is 1. The molecule has 0 saturated carbocycles. The van der Waals surface area contributed by atoms with Crippen LogP contribution in [-0.4, -0.2) is 5.11 Å². The molecule has 0 unspecified atom stereocenters. The van der Waals surface area contributed by atoms with Crippen LogP contribution >= 0.6 is 0 Å². The van der Waals surface area contributed by atoms with Gasteiger partial charge >= 0.3 is 0 Å². The molecule has 0 aliphatic rings. The van der Waals surface area contributed by atoms with Crippen LogP contribution in [0, 0.1) is 6.92 Å². The van der Waals surface area contributed by atoms with Crippen molar-refractivity contribution < 1.29 is 9.84 Å². The van der Waals surface area contributed by atoms with Gasteiger partial charge in [0.1, 0.15) is 17.2 Å². The molecular formula is C15H16O2. The minimum absolute atomic E-state index is 0.271. The van der Waals surface area contributed by atoms with Crippen molar-refractivity contribution in [3.8, 4) is 17.2 Å². The zero-order valence-electron chi connectivity index (χ0n) is 10.1. The van der Waals surface area contributed by atoms with Crippen LogP contribution in [-0.2, 0) is 6.42 Å². The number of hydrogen-bond acceptors (Lipinski definition) is 2. The van der Waals surface area contributed by atoms with Crippen LogP contribution in [0.3, 0.4) is 0 Å². The monoisotopic (exact) mass is 228 g/mol. The highest BCUT2D eigenvalue weighted by Crippen LogP contribution is 2.34. The molecule has 1 N–H and O–H groups in total. The maximum Gasteiger partial charge on any atom is 0.137 e. The minimum Gasteiger partial charge on any atom is -0.508 e. The van der Waals surface area contributed by atoms with Gasteiger partial charge in [-0.3, -0.25) is 0 Å². The molecule has 0 atom stereocenters. The zero-order chi connectivity index (χ0) is 12.3. The average Bonchev–Trinajstić information content (AvgIpc) is 2.37. The highest BCUT2D eigenvalue weighted by molar-refractivity contribution is 5.50. The highest BCUT2D eigenvalue weighted by atomic mass is 16.5. The van der Waals surface area contributed by atoms with Gasteiger partial charge in [-0.05, 0) is 37.1 Å². The fraction of sp³-hybridized carbons (Fsp3) is 0.200. The van der Waals surface area contributed by atoms with Crippen molar-refractivity contribution in [3.05, 3.63) is 53.6 Å². The number of para-hydroxylation sites is 1. The Morgan fingerprint density at radius 3 is 2.41 bits per heavy atom. The molecule has 2 aromatic rings. The zero-order valence-corrected chi connectivity index (χ0v) is 10.1. The van der Waals surface area contributed by atoms with Gasteiger partial charge < -0.3 is 9.84 Å². The molecule has 0 aliphatic carbocycles. The summed E-state index contributed by atoms with van der Waals surface area (Å²) >= 11 is 0. The Balaban J connectivity index is 2.41. The summed E-state index contributed by atoms with van der Waals surface area (Å²) in [6.07, 6.45) is 0.878. The van der Waals surface area contributed by atoms with Crippen molar-refractivity contribution >= 4 is 0 Å². The largest absolute Gasteiger partial charge is 0.508 e. The van der Waals surface area contributed by atoms with Crippen molar-refractivity contribution in [3.63, 3.8) is 0 Å². The molecule has 2 rings (SSSR count). The molecule has 0 spiro atoms. The lowest BCUT2D eigenvalue weighted by molar-refractivity contribution is 0.445. The molecule has 0 amide bonds. The predicted molar refractivity (Wildman–Crippen MR) is 68.7 cm³/mol. The molecule has 0 aliphatic heterocycles. The van der Waals surface area contributed by atoms with Crippen LogP contribution in [0.15, 0.2) is 42.5 Å². The number of phenolic OH excluding ortho intramolecular Hbond substituents is 1. The summed E-state index contributed by atoms with van der Waals surface area (Å²) in [4.78, 5) is 0. The molecule has 2 aromatic carbocycles. The van der Waals surface area contributed by atoms with Gasteiger partial charge in [0, 0.05) is 5.56 Å². The molecule has 0 aromatic heterocycles. The van der Waals surface area contributed by atoms with Gasteiger partial charge in [-0.25, -0.2) is 0 Å². The van der Waals surface area contributed by atoms with Crippen LogP contribution in [0.4, 0.5) is 0 Å². The van der Waals surface area contributed by atoms with E-state index in [1.54, 1.807) is 6.07 Å². The van der Waals surface area contributed by atoms with E-state index in [1.165, 1.54) is 0 Å². The normalized spacial score (nSPS) is 10.2. The van der Waals surface area contributed by atoms with Gasteiger partial charge in [-0.2, -0.15) is 0 Å². The third-order valence-corrected chi connectivity index (χ3v) is 2.80. The summed E-state index contributed by atoms with van der Waals surface area (Å²) in [5.74, 6) is 1.82. The lowest BCUT2D eigenvalue weighted by atomic mass is 10.1. The Morgan fingerprint density at radius 1 is 1.06 bits per heavy atom. The number of benzene rings is 2. The maximum absolute atomic E-state index is 9.72. The van der Waals surface area contributed by atoms with Crippen molar-refractivity contribution in [2.24, 2.45) is 0 Å². The molecule has 2 heteroatoms. The van der Waals surface area contributed by atoms with Crippen LogP contribution in [0.25, 0.3) is 0 Å². The standard InChI is InChI=1S/C15H16O2/c1-3-12-9-10-14(16)11(2)15(12)17-13-7-5-4-6-8-13/h4-10,16H,3H2,1-2H3. The predicted octanol–water partition coefficient (Wildman–Crippen LogP) is 4.06. The van der Waals surface area contributed by atoms with Crippen LogP contribution in [0.2, 0.25) is 0 Å². The summed E-state index contributed by atoms with van der Waals surface area (Å²) in [5.41, 5.74) is 1.89. The Bertz CT molecular complexity index is 504. The van der Waals surface area contributed by atoms with Crippen molar-refractivity contribution in [1.82, 2.24) is 0 Å². The quantitative estimate of drug-likeness (QED) is 0.858. The average molecular weight is 228 g/mol. The number of aryl methyl sites for hydroxylation is 1. The molecule has 2 nitrogen and oxygen atoms in total. The third-order valence-electron chi connectivity index (χ3n) is 2.80. The molecular weight excluding hydrogens is 212 g/mol. The fourth-order valence-electron chi connectivity index (χ4n) is 1.76. The Morgan fingerprint density at radius 2 is 1.76 bits per heavy atom. The third kappa shape index (κ3) is 2.41. The number of phenols is 1. The number of hydrogen-bond donors (Lipinski definition) is 1. The Labute approximate surface area is 101 Å². The van der Waals surface area contributed by atoms with E-state index in [0.717, 1.165) is 29.0 Å². The number of ether oxygens (including phenoxy) is 1. The maximum atomic E-state index is 9.72. The lowest BCUT2D eigenvalue weighted by Crippen LogP contribution is -1.93. The first kappa shape index (κ1) is 11.5. The van der Waals surface area contributed by atoms with E-state index < -0.39 is 0 Å². The second-order valence-electron chi connectivity index (χ2n) is 3.97. The van der Waals surface area contributed by atoms with Gasteiger partial charge in [0.25, 0.3) is 0 Å². The van der Waals surface area contributed by atoms with E-state index in [0.29, 0.717) is 0 Å². The smallest absolute Gasteiger partial charge is 0.137 e. The summed E-state index contributed by atoms with van der Waals surface area (Å²) in [5, 5.41) is 9.72. The van der Waals surface area contributed by atoms with Crippen LogP contribution < -0.4 is 4.74 Å². The Kier molecular flexibility index (Phi) is 3.33. The van der Waals surface area contributed by atoms with Gasteiger partial charge in [0.05, 0.1) is 0 Å². The summed E-state index contributed by atoms with van der Waals surface area (Å²) in [6.45, 7) is 3.94. The first-order valence-corrected chi connectivity index (χ1v) is 5.76. The highest BCUT2D eigenvalue weighted by Gasteiger charge is 2.10. The van der Waals surface area contributed by atoms with E-state index in [-0.39, 0.29) is 5.75 Å². The summed E-state index contributed by atoms with van der Waals surface area (Å²) < 4.78 is 5.85. The van der Waals surface area contributed by atoms with E-state index in [4.69, 9.17) is 4.74 Å².